The second kappa shape index (κ2) is 7.66. The Morgan fingerprint density at radius 3 is 2.61 bits per heavy atom. The van der Waals surface area contributed by atoms with Gasteiger partial charge in [0, 0.05) is 31.9 Å². The van der Waals surface area contributed by atoms with Gasteiger partial charge in [-0.05, 0) is 19.4 Å². The first-order valence-corrected chi connectivity index (χ1v) is 6.18. The van der Waals surface area contributed by atoms with Crippen LogP contribution in [0.3, 0.4) is 0 Å². The lowest BCUT2D eigenvalue weighted by molar-refractivity contribution is -0.129. The van der Waals surface area contributed by atoms with Crippen LogP contribution in [0.2, 0.25) is 0 Å². The maximum atomic E-state index is 11.7. The number of likely N-dealkylation sites (N-methyl/N-ethyl adjacent to an activating group) is 1. The Kier molecular flexibility index (Phi) is 6.14. The Morgan fingerprint density at radius 2 is 2.11 bits per heavy atom. The number of aromatic nitrogens is 1. The number of methoxy groups -OCH3 is 1. The van der Waals surface area contributed by atoms with E-state index in [4.69, 9.17) is 4.74 Å². The molecule has 5 heteroatoms. The highest BCUT2D eigenvalue weighted by Gasteiger charge is 2.08. The van der Waals surface area contributed by atoms with Gasteiger partial charge >= 0.3 is 0 Å². The van der Waals surface area contributed by atoms with Gasteiger partial charge in [-0.3, -0.25) is 4.79 Å². The second-order valence-electron chi connectivity index (χ2n) is 3.88. The molecule has 1 aromatic heterocycles. The summed E-state index contributed by atoms with van der Waals surface area (Å²) in [6.45, 7) is 6.45. The molecule has 0 bridgehead atoms. The average Bonchev–Trinajstić information content (AvgIpc) is 2.41. The monoisotopic (exact) mass is 251 g/mol. The normalized spacial score (nSPS) is 10.2. The molecule has 5 nitrogen and oxygen atoms in total. The molecule has 0 fully saturated rings. The molecule has 0 aliphatic heterocycles. The van der Waals surface area contributed by atoms with E-state index < -0.39 is 0 Å². The number of pyridine rings is 1. The molecule has 0 radical (unpaired) electrons. The summed E-state index contributed by atoms with van der Waals surface area (Å²) in [5, 5.41) is 3.12. The number of carbonyl (C=O) groups excluding carboxylic acids is 1. The van der Waals surface area contributed by atoms with E-state index in [-0.39, 0.29) is 5.91 Å². The molecular weight excluding hydrogens is 230 g/mol. The molecule has 100 valence electrons. The van der Waals surface area contributed by atoms with Crippen molar-refractivity contribution in [2.24, 2.45) is 0 Å². The van der Waals surface area contributed by atoms with Crippen LogP contribution in [-0.2, 0) is 11.3 Å². The first-order valence-electron chi connectivity index (χ1n) is 6.18. The molecule has 0 aliphatic rings. The molecule has 1 N–H and O–H groups in total. The van der Waals surface area contributed by atoms with Crippen molar-refractivity contribution >= 4 is 5.91 Å². The summed E-state index contributed by atoms with van der Waals surface area (Å²) in [4.78, 5) is 17.6. The predicted octanol–water partition coefficient (Wildman–Crippen LogP) is 1.05. The smallest absolute Gasteiger partial charge is 0.236 e. The van der Waals surface area contributed by atoms with Crippen molar-refractivity contribution in [1.29, 1.82) is 0 Å². The zero-order valence-electron chi connectivity index (χ0n) is 11.3. The molecule has 0 atom stereocenters. The van der Waals surface area contributed by atoms with E-state index in [1.165, 1.54) is 0 Å². The third-order valence-corrected chi connectivity index (χ3v) is 2.73. The van der Waals surface area contributed by atoms with Crippen LogP contribution in [0, 0.1) is 0 Å². The molecule has 1 rings (SSSR count). The molecule has 1 aromatic rings. The Bertz CT molecular complexity index is 361. The summed E-state index contributed by atoms with van der Waals surface area (Å²) < 4.78 is 4.98. The Balaban J connectivity index is 2.34. The van der Waals surface area contributed by atoms with Gasteiger partial charge < -0.3 is 15.0 Å². The highest BCUT2D eigenvalue weighted by Crippen LogP contribution is 2.05. The maximum Gasteiger partial charge on any atom is 0.236 e. The summed E-state index contributed by atoms with van der Waals surface area (Å²) in [5.74, 6) is 0.722. The minimum Gasteiger partial charge on any atom is -0.481 e. The number of amides is 1. The number of carbonyl (C=O) groups is 1. The highest BCUT2D eigenvalue weighted by molar-refractivity contribution is 5.78. The molecule has 1 amide bonds. The van der Waals surface area contributed by atoms with Crippen LogP contribution in [0.15, 0.2) is 18.3 Å². The van der Waals surface area contributed by atoms with Gasteiger partial charge in [0.1, 0.15) is 0 Å². The molecule has 0 aliphatic carbocycles. The molecule has 0 unspecified atom stereocenters. The quantitative estimate of drug-likeness (QED) is 0.787. The fourth-order valence-electron chi connectivity index (χ4n) is 1.64. The standard InChI is InChI=1S/C13H21N3O2/c1-4-16(5-2)13(17)10-14-8-11-6-7-12(18-3)15-9-11/h6-7,9,14H,4-5,8,10H2,1-3H3. The summed E-state index contributed by atoms with van der Waals surface area (Å²) >= 11 is 0. The SMILES string of the molecule is CCN(CC)C(=O)CNCc1ccc(OC)nc1. The van der Waals surface area contributed by atoms with E-state index in [2.05, 4.69) is 10.3 Å². The fraction of sp³-hybridized carbons (Fsp3) is 0.538. The molecule has 0 aromatic carbocycles. The zero-order chi connectivity index (χ0) is 13.4. The number of nitrogens with one attached hydrogen (secondary N) is 1. The number of ether oxygens (including phenoxy) is 1. The Hall–Kier alpha value is -1.62. The van der Waals surface area contributed by atoms with E-state index in [0.717, 1.165) is 18.7 Å². The van der Waals surface area contributed by atoms with E-state index in [0.29, 0.717) is 19.0 Å². The van der Waals surface area contributed by atoms with Crippen molar-refractivity contribution in [2.75, 3.05) is 26.7 Å². The molecule has 0 saturated carbocycles. The number of hydrogen-bond acceptors (Lipinski definition) is 4. The third-order valence-electron chi connectivity index (χ3n) is 2.73. The van der Waals surface area contributed by atoms with Gasteiger partial charge in [0.2, 0.25) is 11.8 Å². The first-order chi connectivity index (χ1) is 8.71. The average molecular weight is 251 g/mol. The van der Waals surface area contributed by atoms with Crippen molar-refractivity contribution in [3.05, 3.63) is 23.9 Å². The van der Waals surface area contributed by atoms with Crippen LogP contribution in [0.4, 0.5) is 0 Å². The zero-order valence-corrected chi connectivity index (χ0v) is 11.3. The number of nitrogens with zero attached hydrogens (tertiary/aromatic N) is 2. The van der Waals surface area contributed by atoms with Gasteiger partial charge in [-0.15, -0.1) is 0 Å². The van der Waals surface area contributed by atoms with Crippen molar-refractivity contribution < 1.29 is 9.53 Å². The molecule has 1 heterocycles. The van der Waals surface area contributed by atoms with Gasteiger partial charge in [-0.25, -0.2) is 4.98 Å². The number of hydrogen-bond donors (Lipinski definition) is 1. The molecular formula is C13H21N3O2. The fourth-order valence-corrected chi connectivity index (χ4v) is 1.64. The minimum atomic E-state index is 0.126. The van der Waals surface area contributed by atoms with Gasteiger partial charge in [0.05, 0.1) is 13.7 Å². The molecule has 0 saturated heterocycles. The van der Waals surface area contributed by atoms with E-state index in [9.17, 15) is 4.79 Å². The van der Waals surface area contributed by atoms with Crippen LogP contribution >= 0.6 is 0 Å². The van der Waals surface area contributed by atoms with Crippen molar-refractivity contribution in [2.45, 2.75) is 20.4 Å². The minimum absolute atomic E-state index is 0.126. The van der Waals surface area contributed by atoms with E-state index >= 15 is 0 Å². The molecule has 18 heavy (non-hydrogen) atoms. The Labute approximate surface area is 108 Å². The lowest BCUT2D eigenvalue weighted by Gasteiger charge is -2.18. The lowest BCUT2D eigenvalue weighted by atomic mass is 10.3. The van der Waals surface area contributed by atoms with E-state index in [1.807, 2.05) is 26.0 Å². The summed E-state index contributed by atoms with van der Waals surface area (Å²) in [7, 11) is 1.59. The maximum absolute atomic E-state index is 11.7. The third kappa shape index (κ3) is 4.33. The van der Waals surface area contributed by atoms with Crippen LogP contribution in [-0.4, -0.2) is 42.5 Å². The van der Waals surface area contributed by atoms with Crippen molar-refractivity contribution in [1.82, 2.24) is 15.2 Å². The van der Waals surface area contributed by atoms with Crippen LogP contribution in [0.5, 0.6) is 5.88 Å². The summed E-state index contributed by atoms with van der Waals surface area (Å²) in [6.07, 6.45) is 1.74. The summed E-state index contributed by atoms with van der Waals surface area (Å²) in [5.41, 5.74) is 1.03. The van der Waals surface area contributed by atoms with Crippen LogP contribution in [0.1, 0.15) is 19.4 Å². The lowest BCUT2D eigenvalue weighted by Crippen LogP contribution is -2.37. The van der Waals surface area contributed by atoms with E-state index in [1.54, 1.807) is 18.2 Å². The van der Waals surface area contributed by atoms with Gasteiger partial charge in [0.15, 0.2) is 0 Å². The van der Waals surface area contributed by atoms with Crippen molar-refractivity contribution in [3.8, 4) is 5.88 Å². The summed E-state index contributed by atoms with van der Waals surface area (Å²) in [6, 6.07) is 3.74. The predicted molar refractivity (Wildman–Crippen MR) is 70.4 cm³/mol. The highest BCUT2D eigenvalue weighted by atomic mass is 16.5. The van der Waals surface area contributed by atoms with Gasteiger partial charge in [-0.2, -0.15) is 0 Å². The second-order valence-corrected chi connectivity index (χ2v) is 3.88. The Morgan fingerprint density at radius 1 is 1.39 bits per heavy atom. The van der Waals surface area contributed by atoms with Crippen LogP contribution < -0.4 is 10.1 Å². The van der Waals surface area contributed by atoms with Gasteiger partial charge in [0.25, 0.3) is 0 Å². The molecule has 0 spiro atoms. The topological polar surface area (TPSA) is 54.5 Å². The number of rotatable bonds is 7. The first kappa shape index (κ1) is 14.4. The van der Waals surface area contributed by atoms with Crippen molar-refractivity contribution in [3.63, 3.8) is 0 Å². The van der Waals surface area contributed by atoms with Crippen LogP contribution in [0.25, 0.3) is 0 Å². The van der Waals surface area contributed by atoms with Gasteiger partial charge in [-0.1, -0.05) is 6.07 Å². The largest absolute Gasteiger partial charge is 0.481 e.